The van der Waals surface area contributed by atoms with E-state index in [4.69, 9.17) is 0 Å². The Morgan fingerprint density at radius 2 is 2.03 bits per heavy atom. The third-order valence-electron chi connectivity index (χ3n) is 5.06. The van der Waals surface area contributed by atoms with E-state index in [-0.39, 0.29) is 17.8 Å². The van der Waals surface area contributed by atoms with Crippen molar-refractivity contribution in [2.45, 2.75) is 44.8 Å². The molecule has 1 aliphatic heterocycles. The van der Waals surface area contributed by atoms with Crippen LogP contribution < -0.4 is 15.4 Å². The van der Waals surface area contributed by atoms with E-state index in [0.717, 1.165) is 29.9 Å². The SMILES string of the molecule is Cc1nc2c(CN[C@H]3CCCN[C@H]3c3ccccc3)cc(OC(F)(F)F)cc2s1. The lowest BCUT2D eigenvalue weighted by Crippen LogP contribution is -2.45. The van der Waals surface area contributed by atoms with Crippen LogP contribution in [0.4, 0.5) is 13.2 Å². The molecule has 0 aliphatic carbocycles. The molecular formula is C21H22F3N3OS. The van der Waals surface area contributed by atoms with E-state index in [1.165, 1.54) is 29.0 Å². The number of aromatic nitrogens is 1. The summed E-state index contributed by atoms with van der Waals surface area (Å²) in [5.74, 6) is -0.202. The highest BCUT2D eigenvalue weighted by atomic mass is 32.1. The molecule has 1 saturated heterocycles. The Balaban J connectivity index is 1.58. The van der Waals surface area contributed by atoms with Crippen molar-refractivity contribution in [1.82, 2.24) is 15.6 Å². The van der Waals surface area contributed by atoms with E-state index in [0.29, 0.717) is 16.8 Å². The quantitative estimate of drug-likeness (QED) is 0.603. The Hall–Kier alpha value is -2.16. The predicted molar refractivity (Wildman–Crippen MR) is 108 cm³/mol. The Morgan fingerprint density at radius 1 is 1.24 bits per heavy atom. The third-order valence-corrected chi connectivity index (χ3v) is 5.98. The second kappa shape index (κ2) is 8.30. The van der Waals surface area contributed by atoms with Gasteiger partial charge < -0.3 is 15.4 Å². The van der Waals surface area contributed by atoms with Crippen molar-refractivity contribution in [3.8, 4) is 5.75 Å². The minimum absolute atomic E-state index is 0.159. The molecule has 4 rings (SSSR count). The zero-order chi connectivity index (χ0) is 20.4. The van der Waals surface area contributed by atoms with Gasteiger partial charge >= 0.3 is 6.36 Å². The topological polar surface area (TPSA) is 46.2 Å². The van der Waals surface area contributed by atoms with Crippen molar-refractivity contribution < 1.29 is 17.9 Å². The Kier molecular flexibility index (Phi) is 5.76. The zero-order valence-corrected chi connectivity index (χ0v) is 16.7. The number of ether oxygens (including phenoxy) is 1. The van der Waals surface area contributed by atoms with Gasteiger partial charge in [0.05, 0.1) is 15.2 Å². The van der Waals surface area contributed by atoms with Gasteiger partial charge in [-0.15, -0.1) is 24.5 Å². The second-order valence-corrected chi connectivity index (χ2v) is 8.42. The Bertz CT molecular complexity index is 974. The Labute approximate surface area is 171 Å². The van der Waals surface area contributed by atoms with Gasteiger partial charge in [0.25, 0.3) is 0 Å². The van der Waals surface area contributed by atoms with E-state index in [1.807, 2.05) is 25.1 Å². The van der Waals surface area contributed by atoms with Crippen LogP contribution >= 0.6 is 11.3 Å². The van der Waals surface area contributed by atoms with Crippen molar-refractivity contribution in [2.75, 3.05) is 6.54 Å². The molecule has 2 N–H and O–H groups in total. The first-order valence-electron chi connectivity index (χ1n) is 9.56. The van der Waals surface area contributed by atoms with E-state index >= 15 is 0 Å². The summed E-state index contributed by atoms with van der Waals surface area (Å²) in [6, 6.07) is 13.4. The molecule has 1 aromatic heterocycles. The van der Waals surface area contributed by atoms with Crippen LogP contribution in [0.15, 0.2) is 42.5 Å². The van der Waals surface area contributed by atoms with Gasteiger partial charge in [0.1, 0.15) is 5.75 Å². The number of aryl methyl sites for hydroxylation is 1. The fraction of sp³-hybridized carbons (Fsp3) is 0.381. The highest BCUT2D eigenvalue weighted by molar-refractivity contribution is 7.18. The van der Waals surface area contributed by atoms with Crippen LogP contribution in [0.25, 0.3) is 10.2 Å². The lowest BCUT2D eigenvalue weighted by Gasteiger charge is -2.34. The summed E-state index contributed by atoms with van der Waals surface area (Å²) in [5.41, 5.74) is 2.64. The van der Waals surface area contributed by atoms with Crippen LogP contribution in [0.3, 0.4) is 0 Å². The molecule has 29 heavy (non-hydrogen) atoms. The van der Waals surface area contributed by atoms with Crippen molar-refractivity contribution in [2.24, 2.45) is 0 Å². The van der Waals surface area contributed by atoms with Crippen molar-refractivity contribution in [3.05, 3.63) is 58.6 Å². The number of nitrogens with one attached hydrogen (secondary N) is 2. The number of rotatable bonds is 5. The summed E-state index contributed by atoms with van der Waals surface area (Å²) in [6.45, 7) is 3.22. The molecule has 0 spiro atoms. The van der Waals surface area contributed by atoms with E-state index < -0.39 is 6.36 Å². The molecule has 0 saturated carbocycles. The minimum atomic E-state index is -4.72. The predicted octanol–water partition coefficient (Wildman–Crippen LogP) is 5.09. The highest BCUT2D eigenvalue weighted by Crippen LogP contribution is 2.33. The molecule has 154 valence electrons. The number of halogens is 3. The van der Waals surface area contributed by atoms with Crippen LogP contribution in [0.2, 0.25) is 0 Å². The number of benzene rings is 2. The molecule has 0 radical (unpaired) electrons. The molecule has 3 aromatic rings. The number of nitrogens with zero attached hydrogens (tertiary/aromatic N) is 1. The van der Waals surface area contributed by atoms with Gasteiger partial charge in [0.15, 0.2) is 0 Å². The molecular weight excluding hydrogens is 399 g/mol. The van der Waals surface area contributed by atoms with Crippen LogP contribution in [-0.2, 0) is 6.54 Å². The number of thiazole rings is 1. The molecule has 1 aliphatic rings. The fourth-order valence-electron chi connectivity index (χ4n) is 3.87. The van der Waals surface area contributed by atoms with Crippen LogP contribution in [0, 0.1) is 6.92 Å². The van der Waals surface area contributed by atoms with E-state index in [1.54, 1.807) is 0 Å². The highest BCUT2D eigenvalue weighted by Gasteiger charge is 2.32. The maximum atomic E-state index is 12.7. The minimum Gasteiger partial charge on any atom is -0.406 e. The summed E-state index contributed by atoms with van der Waals surface area (Å²) >= 11 is 1.37. The first-order chi connectivity index (χ1) is 13.9. The Morgan fingerprint density at radius 3 is 2.79 bits per heavy atom. The van der Waals surface area contributed by atoms with Gasteiger partial charge in [0.2, 0.25) is 0 Å². The normalized spacial score (nSPS) is 20.1. The fourth-order valence-corrected chi connectivity index (χ4v) is 4.77. The smallest absolute Gasteiger partial charge is 0.406 e. The van der Waals surface area contributed by atoms with Crippen molar-refractivity contribution >= 4 is 21.6 Å². The largest absolute Gasteiger partial charge is 0.573 e. The molecule has 2 atom stereocenters. The number of fused-ring (bicyclic) bond motifs is 1. The van der Waals surface area contributed by atoms with Gasteiger partial charge in [0, 0.05) is 18.6 Å². The van der Waals surface area contributed by atoms with Gasteiger partial charge in [-0.2, -0.15) is 0 Å². The molecule has 4 nitrogen and oxygen atoms in total. The van der Waals surface area contributed by atoms with Crippen LogP contribution in [-0.4, -0.2) is 23.9 Å². The average molecular weight is 421 g/mol. The standard InChI is InChI=1S/C21H22F3N3OS/c1-13-27-20-15(10-16(11-18(20)29-13)28-21(22,23)24)12-26-17-8-5-9-25-19(17)14-6-3-2-4-7-14/h2-4,6-7,10-11,17,19,25-26H,5,8-9,12H2,1H3/t17-,19-/m0/s1. The molecule has 8 heteroatoms. The lowest BCUT2D eigenvalue weighted by molar-refractivity contribution is -0.274. The molecule has 0 unspecified atom stereocenters. The number of hydrogen-bond donors (Lipinski definition) is 2. The van der Waals surface area contributed by atoms with Crippen LogP contribution in [0.1, 0.15) is 35.0 Å². The second-order valence-electron chi connectivity index (χ2n) is 7.18. The average Bonchev–Trinajstić information content (AvgIpc) is 3.06. The molecule has 1 fully saturated rings. The summed E-state index contributed by atoms with van der Waals surface area (Å²) in [5, 5.41) is 7.91. The maximum absolute atomic E-state index is 12.7. The maximum Gasteiger partial charge on any atom is 0.573 e. The lowest BCUT2D eigenvalue weighted by atomic mass is 9.92. The number of piperidine rings is 1. The molecule has 0 bridgehead atoms. The van der Waals surface area contributed by atoms with Crippen LogP contribution in [0.5, 0.6) is 5.75 Å². The van der Waals surface area contributed by atoms with Crippen molar-refractivity contribution in [1.29, 1.82) is 0 Å². The van der Waals surface area contributed by atoms with Gasteiger partial charge in [-0.05, 0) is 49.6 Å². The molecule has 2 heterocycles. The summed E-state index contributed by atoms with van der Waals surface area (Å²) < 4.78 is 43.1. The molecule has 0 amide bonds. The summed E-state index contributed by atoms with van der Waals surface area (Å²) in [4.78, 5) is 4.52. The zero-order valence-electron chi connectivity index (χ0n) is 15.9. The number of hydrogen-bond acceptors (Lipinski definition) is 5. The number of alkyl halides is 3. The monoisotopic (exact) mass is 421 g/mol. The first-order valence-corrected chi connectivity index (χ1v) is 10.4. The van der Waals surface area contributed by atoms with E-state index in [9.17, 15) is 13.2 Å². The van der Waals surface area contributed by atoms with E-state index in [2.05, 4.69) is 32.5 Å². The third kappa shape index (κ3) is 4.88. The van der Waals surface area contributed by atoms with Gasteiger partial charge in [-0.25, -0.2) is 4.98 Å². The van der Waals surface area contributed by atoms with Crippen molar-refractivity contribution in [3.63, 3.8) is 0 Å². The first kappa shape index (κ1) is 20.1. The van der Waals surface area contributed by atoms with Gasteiger partial charge in [-0.3, -0.25) is 0 Å². The summed E-state index contributed by atoms with van der Waals surface area (Å²) in [7, 11) is 0. The molecule has 2 aromatic carbocycles. The summed E-state index contributed by atoms with van der Waals surface area (Å²) in [6.07, 6.45) is -2.68. The van der Waals surface area contributed by atoms with Gasteiger partial charge in [-0.1, -0.05) is 30.3 Å².